The first kappa shape index (κ1) is 15.5. The van der Waals surface area contributed by atoms with Gasteiger partial charge in [0.25, 0.3) is 0 Å². The molecule has 0 aliphatic carbocycles. The van der Waals surface area contributed by atoms with Crippen LogP contribution in [0.5, 0.6) is 0 Å². The lowest BCUT2D eigenvalue weighted by Gasteiger charge is -2.44. The molecule has 2 aliphatic heterocycles. The van der Waals surface area contributed by atoms with E-state index in [1.54, 1.807) is 7.05 Å². The van der Waals surface area contributed by atoms with Crippen molar-refractivity contribution in [3.63, 3.8) is 0 Å². The van der Waals surface area contributed by atoms with Crippen LogP contribution in [0.15, 0.2) is 30.3 Å². The van der Waals surface area contributed by atoms with Gasteiger partial charge >= 0.3 is 0 Å². The van der Waals surface area contributed by atoms with Gasteiger partial charge in [-0.1, -0.05) is 30.3 Å². The second-order valence-corrected chi connectivity index (χ2v) is 6.41. The van der Waals surface area contributed by atoms with Crippen LogP contribution in [0, 0.1) is 11.8 Å². The standard InChI is InChI=1S/C18H26N2O2/c1-19-18(21)15-9-12-22-17-8-11-20(13-16(15)17)10-7-14-5-3-2-4-6-14/h2-6,15-17H,7-13H2,1H3,(H,19,21)/t15-,16+,17-/m1/s1. The number of hydrogen-bond acceptors (Lipinski definition) is 3. The number of nitrogens with one attached hydrogen (secondary N) is 1. The number of rotatable bonds is 4. The highest BCUT2D eigenvalue weighted by Gasteiger charge is 2.41. The minimum absolute atomic E-state index is 0.114. The first-order valence-corrected chi connectivity index (χ1v) is 8.37. The van der Waals surface area contributed by atoms with E-state index in [9.17, 15) is 4.79 Å². The fourth-order valence-corrected chi connectivity index (χ4v) is 3.83. The number of piperidine rings is 1. The minimum Gasteiger partial charge on any atom is -0.378 e. The number of likely N-dealkylation sites (tertiary alicyclic amines) is 1. The predicted octanol–water partition coefficient (Wildman–Crippen LogP) is 1.70. The number of benzene rings is 1. The van der Waals surface area contributed by atoms with Gasteiger partial charge in [-0.25, -0.2) is 0 Å². The molecule has 0 aromatic heterocycles. The summed E-state index contributed by atoms with van der Waals surface area (Å²) >= 11 is 0. The van der Waals surface area contributed by atoms with Crippen LogP contribution >= 0.6 is 0 Å². The van der Waals surface area contributed by atoms with E-state index in [0.717, 1.165) is 45.5 Å². The number of amides is 1. The van der Waals surface area contributed by atoms with Gasteiger partial charge in [-0.05, 0) is 24.8 Å². The molecule has 120 valence electrons. The molecule has 1 aromatic carbocycles. The first-order valence-electron chi connectivity index (χ1n) is 8.37. The third kappa shape index (κ3) is 3.50. The Bertz CT molecular complexity index is 491. The Hall–Kier alpha value is -1.39. The smallest absolute Gasteiger partial charge is 0.223 e. The second kappa shape index (κ2) is 7.25. The Labute approximate surface area is 132 Å². The number of carbonyl (C=O) groups is 1. The van der Waals surface area contributed by atoms with Crippen LogP contribution in [0.3, 0.4) is 0 Å². The maximum absolute atomic E-state index is 12.1. The van der Waals surface area contributed by atoms with Gasteiger partial charge in [0, 0.05) is 45.1 Å². The molecular formula is C18H26N2O2. The summed E-state index contributed by atoms with van der Waals surface area (Å²) in [6.07, 6.45) is 3.24. The molecule has 0 saturated carbocycles. The monoisotopic (exact) mass is 302 g/mol. The van der Waals surface area contributed by atoms with Gasteiger partial charge in [-0.3, -0.25) is 4.79 Å². The van der Waals surface area contributed by atoms with E-state index in [1.807, 2.05) is 0 Å². The third-order valence-corrected chi connectivity index (χ3v) is 5.10. The van der Waals surface area contributed by atoms with Gasteiger partial charge in [0.2, 0.25) is 5.91 Å². The molecule has 0 radical (unpaired) electrons. The van der Waals surface area contributed by atoms with Crippen molar-refractivity contribution >= 4 is 5.91 Å². The lowest BCUT2D eigenvalue weighted by atomic mass is 9.79. The lowest BCUT2D eigenvalue weighted by Crippen LogP contribution is -2.53. The van der Waals surface area contributed by atoms with Crippen LogP contribution in [-0.2, 0) is 16.0 Å². The topological polar surface area (TPSA) is 41.6 Å². The fraction of sp³-hybridized carbons (Fsp3) is 0.611. The minimum atomic E-state index is 0.114. The summed E-state index contributed by atoms with van der Waals surface area (Å²) in [5, 5.41) is 2.83. The molecule has 2 aliphatic rings. The van der Waals surface area contributed by atoms with E-state index < -0.39 is 0 Å². The Morgan fingerprint density at radius 3 is 2.91 bits per heavy atom. The molecule has 1 aromatic rings. The zero-order valence-corrected chi connectivity index (χ0v) is 13.3. The quantitative estimate of drug-likeness (QED) is 0.920. The highest BCUT2D eigenvalue weighted by atomic mass is 16.5. The number of carbonyl (C=O) groups excluding carboxylic acids is 1. The molecule has 0 bridgehead atoms. The fourth-order valence-electron chi connectivity index (χ4n) is 3.83. The Balaban J connectivity index is 1.58. The summed E-state index contributed by atoms with van der Waals surface area (Å²) < 4.78 is 5.91. The van der Waals surface area contributed by atoms with Crippen molar-refractivity contribution < 1.29 is 9.53 Å². The predicted molar refractivity (Wildman–Crippen MR) is 86.6 cm³/mol. The molecule has 0 spiro atoms. The highest BCUT2D eigenvalue weighted by molar-refractivity contribution is 5.78. The van der Waals surface area contributed by atoms with Crippen LogP contribution in [0.25, 0.3) is 0 Å². The van der Waals surface area contributed by atoms with Gasteiger partial charge in [-0.15, -0.1) is 0 Å². The van der Waals surface area contributed by atoms with Crippen LogP contribution in [0.4, 0.5) is 0 Å². The molecule has 2 fully saturated rings. The molecule has 3 atom stereocenters. The Kier molecular flexibility index (Phi) is 5.11. The Morgan fingerprint density at radius 2 is 2.14 bits per heavy atom. The van der Waals surface area contributed by atoms with Gasteiger partial charge in [0.05, 0.1) is 6.10 Å². The highest BCUT2D eigenvalue weighted by Crippen LogP contribution is 2.33. The summed E-state index contributed by atoms with van der Waals surface area (Å²) in [5.74, 6) is 0.643. The van der Waals surface area contributed by atoms with Crippen LogP contribution in [0.2, 0.25) is 0 Å². The number of fused-ring (bicyclic) bond motifs is 1. The lowest BCUT2D eigenvalue weighted by molar-refractivity contribution is -0.141. The van der Waals surface area contributed by atoms with Crippen molar-refractivity contribution in [2.45, 2.75) is 25.4 Å². The largest absolute Gasteiger partial charge is 0.378 e. The Morgan fingerprint density at radius 1 is 1.32 bits per heavy atom. The molecule has 1 amide bonds. The van der Waals surface area contributed by atoms with E-state index in [1.165, 1.54) is 5.56 Å². The zero-order chi connectivity index (χ0) is 15.4. The van der Waals surface area contributed by atoms with E-state index in [-0.39, 0.29) is 17.9 Å². The summed E-state index contributed by atoms with van der Waals surface area (Å²) in [6, 6.07) is 10.6. The summed E-state index contributed by atoms with van der Waals surface area (Å²) in [4.78, 5) is 14.6. The molecule has 1 N–H and O–H groups in total. The average Bonchev–Trinajstić information content (AvgIpc) is 2.59. The molecule has 4 nitrogen and oxygen atoms in total. The first-order chi connectivity index (χ1) is 10.8. The number of nitrogens with zero attached hydrogens (tertiary/aromatic N) is 1. The number of hydrogen-bond donors (Lipinski definition) is 1. The SMILES string of the molecule is CNC(=O)[C@@H]1CCO[C@@H]2CCN(CCc3ccccc3)C[C@H]21. The molecule has 2 heterocycles. The maximum atomic E-state index is 12.1. The van der Waals surface area contributed by atoms with Crippen molar-refractivity contribution in [2.75, 3.05) is 33.3 Å². The molecule has 0 unspecified atom stereocenters. The van der Waals surface area contributed by atoms with E-state index >= 15 is 0 Å². The van der Waals surface area contributed by atoms with Crippen molar-refractivity contribution in [3.05, 3.63) is 35.9 Å². The van der Waals surface area contributed by atoms with Crippen molar-refractivity contribution in [1.82, 2.24) is 10.2 Å². The van der Waals surface area contributed by atoms with Crippen molar-refractivity contribution in [1.29, 1.82) is 0 Å². The summed E-state index contributed by atoms with van der Waals surface area (Å²) in [5.41, 5.74) is 1.38. The van der Waals surface area contributed by atoms with Gasteiger partial charge in [0.1, 0.15) is 0 Å². The van der Waals surface area contributed by atoms with Crippen LogP contribution in [0.1, 0.15) is 18.4 Å². The molecule has 3 rings (SSSR count). The van der Waals surface area contributed by atoms with E-state index in [2.05, 4.69) is 40.5 Å². The molecule has 22 heavy (non-hydrogen) atoms. The second-order valence-electron chi connectivity index (χ2n) is 6.41. The van der Waals surface area contributed by atoms with Crippen LogP contribution in [-0.4, -0.2) is 50.2 Å². The van der Waals surface area contributed by atoms with Crippen molar-refractivity contribution in [3.8, 4) is 0 Å². The van der Waals surface area contributed by atoms with Gasteiger partial charge < -0.3 is 15.0 Å². The van der Waals surface area contributed by atoms with Crippen LogP contribution < -0.4 is 5.32 Å². The summed E-state index contributed by atoms with van der Waals surface area (Å²) in [7, 11) is 1.74. The van der Waals surface area contributed by atoms with E-state index in [4.69, 9.17) is 4.74 Å². The average molecular weight is 302 g/mol. The van der Waals surface area contributed by atoms with Gasteiger partial charge in [-0.2, -0.15) is 0 Å². The number of ether oxygens (including phenoxy) is 1. The molecule has 4 heteroatoms. The maximum Gasteiger partial charge on any atom is 0.223 e. The summed E-state index contributed by atoms with van der Waals surface area (Å²) in [6.45, 7) is 3.85. The molecule has 2 saturated heterocycles. The van der Waals surface area contributed by atoms with Gasteiger partial charge in [0.15, 0.2) is 0 Å². The van der Waals surface area contributed by atoms with E-state index in [0.29, 0.717) is 5.92 Å². The van der Waals surface area contributed by atoms with Crippen molar-refractivity contribution in [2.24, 2.45) is 11.8 Å². The third-order valence-electron chi connectivity index (χ3n) is 5.10. The zero-order valence-electron chi connectivity index (χ0n) is 13.3. The molecular weight excluding hydrogens is 276 g/mol. The normalized spacial score (nSPS) is 28.9.